The Balaban J connectivity index is 1.48. The van der Waals surface area contributed by atoms with Crippen LogP contribution in [-0.2, 0) is 4.74 Å². The van der Waals surface area contributed by atoms with Gasteiger partial charge in [0.15, 0.2) is 12.4 Å². The molecule has 0 N–H and O–H groups in total. The second-order valence-corrected chi connectivity index (χ2v) is 8.27. The maximum absolute atomic E-state index is 13.0. The van der Waals surface area contributed by atoms with Crippen molar-refractivity contribution in [1.29, 1.82) is 0 Å². The second-order valence-electron chi connectivity index (χ2n) is 8.27. The molecular formula is C27H23NO5. The lowest BCUT2D eigenvalue weighted by molar-refractivity contribution is 0.0474. The van der Waals surface area contributed by atoms with Gasteiger partial charge in [-0.15, -0.1) is 0 Å². The number of ketones is 1. The Labute approximate surface area is 191 Å². The molecule has 166 valence electrons. The molecule has 3 aromatic rings. The second kappa shape index (κ2) is 8.82. The van der Waals surface area contributed by atoms with Crippen LogP contribution in [-0.4, -0.2) is 30.2 Å². The van der Waals surface area contributed by atoms with Crippen molar-refractivity contribution in [1.82, 2.24) is 0 Å². The minimum absolute atomic E-state index is 0.101. The van der Waals surface area contributed by atoms with Crippen molar-refractivity contribution in [3.05, 3.63) is 100 Å². The van der Waals surface area contributed by atoms with Gasteiger partial charge in [-0.1, -0.05) is 56.3 Å². The number of esters is 1. The van der Waals surface area contributed by atoms with Gasteiger partial charge >= 0.3 is 5.97 Å². The van der Waals surface area contributed by atoms with Crippen LogP contribution >= 0.6 is 0 Å². The third kappa shape index (κ3) is 4.20. The normalized spacial score (nSPS) is 12.8. The predicted octanol–water partition coefficient (Wildman–Crippen LogP) is 4.96. The molecule has 0 unspecified atom stereocenters. The molecule has 1 aliphatic rings. The molecule has 0 radical (unpaired) electrons. The monoisotopic (exact) mass is 441 g/mol. The van der Waals surface area contributed by atoms with Crippen molar-refractivity contribution in [2.45, 2.75) is 26.7 Å². The topological polar surface area (TPSA) is 80.8 Å². The van der Waals surface area contributed by atoms with Crippen LogP contribution in [0.5, 0.6) is 0 Å². The van der Waals surface area contributed by atoms with Crippen molar-refractivity contribution >= 4 is 29.3 Å². The SMILES string of the molecule is Cc1ccccc1N1C(=O)c2ccc(C(=O)OCC(=O)c3ccc(C(C)C)cc3)cc2C1=O. The lowest BCUT2D eigenvalue weighted by Gasteiger charge is -2.16. The van der Waals surface area contributed by atoms with E-state index in [4.69, 9.17) is 4.74 Å². The van der Waals surface area contributed by atoms with Gasteiger partial charge in [-0.3, -0.25) is 14.4 Å². The van der Waals surface area contributed by atoms with E-state index >= 15 is 0 Å². The van der Waals surface area contributed by atoms with Crippen LogP contribution in [0.25, 0.3) is 0 Å². The summed E-state index contributed by atoms with van der Waals surface area (Å²) in [6, 6.07) is 18.5. The number of carbonyl (C=O) groups excluding carboxylic acids is 4. The van der Waals surface area contributed by atoms with Crippen LogP contribution in [0.4, 0.5) is 5.69 Å². The average Bonchev–Trinajstić information content (AvgIpc) is 3.07. The number of ether oxygens (including phenoxy) is 1. The quantitative estimate of drug-likeness (QED) is 0.307. The number of aryl methyl sites for hydroxylation is 1. The summed E-state index contributed by atoms with van der Waals surface area (Å²) in [5.74, 6) is -1.65. The summed E-state index contributed by atoms with van der Waals surface area (Å²) >= 11 is 0. The van der Waals surface area contributed by atoms with Gasteiger partial charge in [0.25, 0.3) is 11.8 Å². The van der Waals surface area contributed by atoms with E-state index in [9.17, 15) is 19.2 Å². The molecule has 0 atom stereocenters. The third-order valence-electron chi connectivity index (χ3n) is 5.71. The maximum Gasteiger partial charge on any atom is 0.338 e. The van der Waals surface area contributed by atoms with E-state index in [2.05, 4.69) is 13.8 Å². The summed E-state index contributed by atoms with van der Waals surface area (Å²) < 4.78 is 5.18. The van der Waals surface area contributed by atoms with Gasteiger partial charge < -0.3 is 4.74 Å². The number of Topliss-reactive ketones (excluding diaryl/α,β-unsaturated/α-hetero) is 1. The van der Waals surface area contributed by atoms with E-state index in [-0.39, 0.29) is 22.5 Å². The summed E-state index contributed by atoms with van der Waals surface area (Å²) in [5, 5.41) is 0. The zero-order valence-corrected chi connectivity index (χ0v) is 18.6. The lowest BCUT2D eigenvalue weighted by Crippen LogP contribution is -2.29. The number of imide groups is 1. The molecule has 0 aromatic heterocycles. The number of anilines is 1. The molecule has 1 heterocycles. The largest absolute Gasteiger partial charge is 0.454 e. The molecule has 0 fully saturated rings. The van der Waals surface area contributed by atoms with Gasteiger partial charge in [0.1, 0.15) is 0 Å². The fourth-order valence-corrected chi connectivity index (χ4v) is 3.75. The van der Waals surface area contributed by atoms with E-state index in [1.165, 1.54) is 18.2 Å². The van der Waals surface area contributed by atoms with Crippen molar-refractivity contribution in [2.24, 2.45) is 0 Å². The summed E-state index contributed by atoms with van der Waals surface area (Å²) in [5.41, 5.74) is 3.31. The van der Waals surface area contributed by atoms with Crippen LogP contribution in [0, 0.1) is 6.92 Å². The zero-order chi connectivity index (χ0) is 23.7. The highest BCUT2D eigenvalue weighted by Gasteiger charge is 2.37. The van der Waals surface area contributed by atoms with E-state index in [1.807, 2.05) is 31.2 Å². The number of carbonyl (C=O) groups is 4. The highest BCUT2D eigenvalue weighted by molar-refractivity contribution is 6.35. The number of hydrogen-bond donors (Lipinski definition) is 0. The zero-order valence-electron chi connectivity index (χ0n) is 18.6. The van der Waals surface area contributed by atoms with Gasteiger partial charge in [-0.05, 0) is 48.2 Å². The Morgan fingerprint density at radius 3 is 2.15 bits per heavy atom. The fraction of sp³-hybridized carbons (Fsp3) is 0.185. The molecule has 0 saturated carbocycles. The molecule has 0 saturated heterocycles. The lowest BCUT2D eigenvalue weighted by atomic mass is 10.0. The Morgan fingerprint density at radius 1 is 0.848 bits per heavy atom. The number of rotatable bonds is 6. The van der Waals surface area contributed by atoms with Crippen LogP contribution in [0.2, 0.25) is 0 Å². The number of hydrogen-bond acceptors (Lipinski definition) is 5. The first-order valence-corrected chi connectivity index (χ1v) is 10.7. The first kappa shape index (κ1) is 22.1. The Bertz CT molecular complexity index is 1270. The van der Waals surface area contributed by atoms with Crippen molar-refractivity contribution in [3.8, 4) is 0 Å². The molecule has 1 aliphatic heterocycles. The first-order chi connectivity index (χ1) is 15.8. The van der Waals surface area contributed by atoms with Crippen LogP contribution in [0.15, 0.2) is 66.7 Å². The number of para-hydroxylation sites is 1. The Morgan fingerprint density at radius 2 is 1.48 bits per heavy atom. The number of fused-ring (bicyclic) bond motifs is 1. The van der Waals surface area contributed by atoms with Gasteiger partial charge in [0, 0.05) is 5.56 Å². The Hall–Kier alpha value is -4.06. The molecule has 0 bridgehead atoms. The molecule has 6 nitrogen and oxygen atoms in total. The molecule has 0 aliphatic carbocycles. The summed E-state index contributed by atoms with van der Waals surface area (Å²) in [6.45, 7) is 5.52. The Kier molecular flexibility index (Phi) is 5.92. The molecule has 33 heavy (non-hydrogen) atoms. The van der Waals surface area contributed by atoms with E-state index in [1.54, 1.807) is 24.3 Å². The van der Waals surface area contributed by atoms with Gasteiger partial charge in [0.2, 0.25) is 0 Å². The summed E-state index contributed by atoms with van der Waals surface area (Å²) in [6.07, 6.45) is 0. The highest BCUT2D eigenvalue weighted by atomic mass is 16.5. The third-order valence-corrected chi connectivity index (χ3v) is 5.71. The number of amides is 2. The molecule has 3 aromatic carbocycles. The average molecular weight is 441 g/mol. The first-order valence-electron chi connectivity index (χ1n) is 10.7. The van der Waals surface area contributed by atoms with E-state index in [0.29, 0.717) is 17.2 Å². The van der Waals surface area contributed by atoms with Gasteiger partial charge in [0.05, 0.1) is 22.4 Å². The van der Waals surface area contributed by atoms with Gasteiger partial charge in [-0.2, -0.15) is 0 Å². The number of nitrogens with zero attached hydrogens (tertiary/aromatic N) is 1. The van der Waals surface area contributed by atoms with Crippen LogP contribution in [0.3, 0.4) is 0 Å². The summed E-state index contributed by atoms with van der Waals surface area (Å²) in [4.78, 5) is 51.8. The fourth-order valence-electron chi connectivity index (χ4n) is 3.75. The molecule has 2 amide bonds. The predicted molar refractivity (Wildman–Crippen MR) is 124 cm³/mol. The molecule has 0 spiro atoms. The van der Waals surface area contributed by atoms with Crippen LogP contribution < -0.4 is 4.90 Å². The van der Waals surface area contributed by atoms with Crippen LogP contribution in [0.1, 0.15) is 72.3 Å². The minimum Gasteiger partial charge on any atom is -0.454 e. The standard InChI is InChI=1S/C27H23NO5/c1-16(2)18-8-10-19(11-9-18)24(29)15-33-27(32)20-12-13-21-22(14-20)26(31)28(25(21)30)23-7-5-4-6-17(23)3/h4-14,16H,15H2,1-3H3. The summed E-state index contributed by atoms with van der Waals surface area (Å²) in [7, 11) is 0. The highest BCUT2D eigenvalue weighted by Crippen LogP contribution is 2.31. The van der Waals surface area contributed by atoms with Gasteiger partial charge in [-0.25, -0.2) is 9.69 Å². The minimum atomic E-state index is -0.737. The molecule has 6 heteroatoms. The number of benzene rings is 3. The molecular weight excluding hydrogens is 418 g/mol. The smallest absolute Gasteiger partial charge is 0.338 e. The maximum atomic E-state index is 13.0. The van der Waals surface area contributed by atoms with Crippen molar-refractivity contribution < 1.29 is 23.9 Å². The van der Waals surface area contributed by atoms with E-state index < -0.39 is 24.4 Å². The van der Waals surface area contributed by atoms with Crippen molar-refractivity contribution in [3.63, 3.8) is 0 Å². The molecule has 4 rings (SSSR count). The van der Waals surface area contributed by atoms with Crippen molar-refractivity contribution in [2.75, 3.05) is 11.5 Å². The van der Waals surface area contributed by atoms with E-state index in [0.717, 1.165) is 16.0 Å².